The predicted octanol–water partition coefficient (Wildman–Crippen LogP) is 3.19. The van der Waals surface area contributed by atoms with Gasteiger partial charge in [-0.1, -0.05) is 11.8 Å². The Morgan fingerprint density at radius 3 is 2.32 bits per heavy atom. The van der Waals surface area contributed by atoms with E-state index in [0.29, 0.717) is 16.0 Å². The van der Waals surface area contributed by atoms with Crippen LogP contribution in [0.3, 0.4) is 0 Å². The van der Waals surface area contributed by atoms with Gasteiger partial charge in [0.15, 0.2) is 0 Å². The van der Waals surface area contributed by atoms with E-state index in [-0.39, 0.29) is 5.56 Å². The third-order valence-electron chi connectivity index (χ3n) is 2.85. The molecule has 0 unspecified atom stereocenters. The number of nitrogens with zero attached hydrogens (tertiary/aromatic N) is 1. The van der Waals surface area contributed by atoms with Gasteiger partial charge in [0.05, 0.1) is 23.8 Å². The number of esters is 1. The molecule has 2 aromatic rings. The average molecular weight is 313 g/mol. The van der Waals surface area contributed by atoms with Gasteiger partial charge in [-0.15, -0.1) is 0 Å². The van der Waals surface area contributed by atoms with Gasteiger partial charge >= 0.3 is 11.9 Å². The molecule has 0 spiro atoms. The van der Waals surface area contributed by atoms with Crippen LogP contribution in [-0.4, -0.2) is 24.2 Å². The Labute approximate surface area is 131 Å². The molecule has 0 aliphatic carbocycles. The first kappa shape index (κ1) is 15.6. The van der Waals surface area contributed by atoms with Crippen LogP contribution in [-0.2, 0) is 4.74 Å². The van der Waals surface area contributed by atoms with E-state index >= 15 is 0 Å². The molecule has 0 aliphatic rings. The number of carbonyl (C=O) groups excluding carboxylic acids is 1. The number of ether oxygens (including phenoxy) is 1. The summed E-state index contributed by atoms with van der Waals surface area (Å²) in [6.07, 6.45) is 0. The number of carboxylic acids is 1. The summed E-state index contributed by atoms with van der Waals surface area (Å²) in [5, 5.41) is 18.1. The molecule has 0 heterocycles. The molecule has 22 heavy (non-hydrogen) atoms. The average Bonchev–Trinajstić information content (AvgIpc) is 2.55. The van der Waals surface area contributed by atoms with Crippen molar-refractivity contribution in [1.82, 2.24) is 0 Å². The highest BCUT2D eigenvalue weighted by atomic mass is 32.2. The number of carboxylic acid groups (broad SMARTS) is 1. The fraction of sp³-hybridized carbons (Fsp3) is 0.0625. The number of carbonyl (C=O) groups is 2. The molecule has 6 heteroatoms. The van der Waals surface area contributed by atoms with Crippen LogP contribution in [0, 0.1) is 11.3 Å². The second kappa shape index (κ2) is 6.78. The highest BCUT2D eigenvalue weighted by molar-refractivity contribution is 7.99. The maximum absolute atomic E-state index is 11.5. The Hall–Kier alpha value is -2.78. The lowest BCUT2D eigenvalue weighted by Gasteiger charge is -2.06. The van der Waals surface area contributed by atoms with Gasteiger partial charge in [-0.3, -0.25) is 0 Å². The molecule has 2 aromatic carbocycles. The normalized spacial score (nSPS) is 9.82. The van der Waals surface area contributed by atoms with Crippen LogP contribution >= 0.6 is 11.8 Å². The molecule has 0 aliphatic heterocycles. The van der Waals surface area contributed by atoms with Gasteiger partial charge in [-0.05, 0) is 42.5 Å². The molecule has 2 rings (SSSR count). The van der Waals surface area contributed by atoms with E-state index in [2.05, 4.69) is 4.74 Å². The second-order valence-electron chi connectivity index (χ2n) is 4.25. The van der Waals surface area contributed by atoms with Crippen molar-refractivity contribution in [1.29, 1.82) is 5.26 Å². The SMILES string of the molecule is COC(=O)c1ccc(Sc2ccc(C(=O)O)cc2)c(C#N)c1. The predicted molar refractivity (Wildman–Crippen MR) is 80.0 cm³/mol. The van der Waals surface area contributed by atoms with Crippen molar-refractivity contribution < 1.29 is 19.4 Å². The molecule has 0 bridgehead atoms. The molecule has 5 nitrogen and oxygen atoms in total. The van der Waals surface area contributed by atoms with E-state index < -0.39 is 11.9 Å². The zero-order valence-corrected chi connectivity index (χ0v) is 12.4. The first-order valence-electron chi connectivity index (χ1n) is 6.19. The molecule has 0 aromatic heterocycles. The number of nitriles is 1. The summed E-state index contributed by atoms with van der Waals surface area (Å²) in [6, 6.07) is 13.1. The minimum absolute atomic E-state index is 0.200. The van der Waals surface area contributed by atoms with Gasteiger partial charge in [0.25, 0.3) is 0 Å². The van der Waals surface area contributed by atoms with E-state index in [1.165, 1.54) is 37.1 Å². The van der Waals surface area contributed by atoms with E-state index in [4.69, 9.17) is 5.11 Å². The summed E-state index contributed by atoms with van der Waals surface area (Å²) in [4.78, 5) is 23.7. The number of hydrogen-bond donors (Lipinski definition) is 1. The molecular weight excluding hydrogens is 302 g/mol. The quantitative estimate of drug-likeness (QED) is 0.872. The number of rotatable bonds is 4. The summed E-state index contributed by atoms with van der Waals surface area (Å²) < 4.78 is 4.62. The van der Waals surface area contributed by atoms with Crippen LogP contribution in [0.4, 0.5) is 0 Å². The van der Waals surface area contributed by atoms with Gasteiger partial charge < -0.3 is 9.84 Å². The van der Waals surface area contributed by atoms with Crippen molar-refractivity contribution in [3.05, 3.63) is 59.2 Å². The molecule has 0 saturated carbocycles. The standard InChI is InChI=1S/C16H11NO4S/c1-21-16(20)11-4-7-14(12(8-11)9-17)22-13-5-2-10(3-6-13)15(18)19/h2-8H,1H3,(H,18,19). The van der Waals surface area contributed by atoms with Crippen LogP contribution in [0.5, 0.6) is 0 Å². The number of benzene rings is 2. The molecule has 0 fully saturated rings. The van der Waals surface area contributed by atoms with Crippen LogP contribution in [0.25, 0.3) is 0 Å². The summed E-state index contributed by atoms with van der Waals surface area (Å²) in [5.74, 6) is -1.49. The summed E-state index contributed by atoms with van der Waals surface area (Å²) in [7, 11) is 1.28. The highest BCUT2D eigenvalue weighted by Crippen LogP contribution is 2.31. The van der Waals surface area contributed by atoms with E-state index in [9.17, 15) is 14.9 Å². The third kappa shape index (κ3) is 3.45. The lowest BCUT2D eigenvalue weighted by molar-refractivity contribution is 0.0599. The molecule has 0 amide bonds. The van der Waals surface area contributed by atoms with Crippen molar-refractivity contribution >= 4 is 23.7 Å². The van der Waals surface area contributed by atoms with Gasteiger partial charge in [0.2, 0.25) is 0 Å². The van der Waals surface area contributed by atoms with Crippen molar-refractivity contribution in [3.63, 3.8) is 0 Å². The van der Waals surface area contributed by atoms with Crippen LogP contribution in [0.1, 0.15) is 26.3 Å². The molecule has 0 saturated heterocycles. The van der Waals surface area contributed by atoms with Crippen LogP contribution in [0.2, 0.25) is 0 Å². The Kier molecular flexibility index (Phi) is 4.81. The zero-order valence-electron chi connectivity index (χ0n) is 11.6. The molecule has 110 valence electrons. The largest absolute Gasteiger partial charge is 0.478 e. The zero-order chi connectivity index (χ0) is 16.1. The Morgan fingerprint density at radius 1 is 1.14 bits per heavy atom. The first-order valence-corrected chi connectivity index (χ1v) is 7.00. The Morgan fingerprint density at radius 2 is 1.77 bits per heavy atom. The molecule has 0 radical (unpaired) electrons. The number of aromatic carboxylic acids is 1. The van der Waals surface area contributed by atoms with E-state index in [0.717, 1.165) is 4.90 Å². The third-order valence-corrected chi connectivity index (χ3v) is 3.93. The van der Waals surface area contributed by atoms with E-state index in [1.807, 2.05) is 6.07 Å². The fourth-order valence-corrected chi connectivity index (χ4v) is 2.62. The van der Waals surface area contributed by atoms with Crippen LogP contribution in [0.15, 0.2) is 52.3 Å². The van der Waals surface area contributed by atoms with Gasteiger partial charge in [-0.25, -0.2) is 9.59 Å². The van der Waals surface area contributed by atoms with Gasteiger partial charge in [-0.2, -0.15) is 5.26 Å². The Balaban J connectivity index is 2.27. The van der Waals surface area contributed by atoms with Crippen molar-refractivity contribution in [2.75, 3.05) is 7.11 Å². The van der Waals surface area contributed by atoms with Crippen molar-refractivity contribution in [2.45, 2.75) is 9.79 Å². The monoisotopic (exact) mass is 313 g/mol. The smallest absolute Gasteiger partial charge is 0.337 e. The topological polar surface area (TPSA) is 87.4 Å². The number of hydrogen-bond acceptors (Lipinski definition) is 5. The Bertz CT molecular complexity index is 763. The lowest BCUT2D eigenvalue weighted by atomic mass is 10.1. The first-order chi connectivity index (χ1) is 10.5. The second-order valence-corrected chi connectivity index (χ2v) is 5.36. The molecule has 1 N–H and O–H groups in total. The van der Waals surface area contributed by atoms with E-state index in [1.54, 1.807) is 24.3 Å². The van der Waals surface area contributed by atoms with Gasteiger partial charge in [0, 0.05) is 9.79 Å². The maximum Gasteiger partial charge on any atom is 0.337 e. The highest BCUT2D eigenvalue weighted by Gasteiger charge is 2.11. The summed E-state index contributed by atoms with van der Waals surface area (Å²) in [5.41, 5.74) is 0.866. The molecular formula is C16H11NO4S. The maximum atomic E-state index is 11.5. The van der Waals surface area contributed by atoms with Gasteiger partial charge in [0.1, 0.15) is 6.07 Å². The minimum Gasteiger partial charge on any atom is -0.478 e. The summed E-state index contributed by atoms with van der Waals surface area (Å²) in [6.45, 7) is 0. The lowest BCUT2D eigenvalue weighted by Crippen LogP contribution is -2.01. The fourth-order valence-electron chi connectivity index (χ4n) is 1.74. The summed E-state index contributed by atoms with van der Waals surface area (Å²) >= 11 is 1.32. The van der Waals surface area contributed by atoms with Crippen molar-refractivity contribution in [2.24, 2.45) is 0 Å². The minimum atomic E-state index is -0.989. The number of methoxy groups -OCH3 is 1. The van der Waals surface area contributed by atoms with Crippen molar-refractivity contribution in [3.8, 4) is 6.07 Å². The van der Waals surface area contributed by atoms with Crippen LogP contribution < -0.4 is 0 Å². The molecule has 0 atom stereocenters.